The Bertz CT molecular complexity index is 979. The van der Waals surface area contributed by atoms with Crippen molar-refractivity contribution in [3.8, 4) is 11.3 Å². The van der Waals surface area contributed by atoms with Gasteiger partial charge < -0.3 is 9.47 Å². The molecule has 0 aliphatic heterocycles. The second kappa shape index (κ2) is 8.54. The smallest absolute Gasteiger partial charge is 0.418 e. The molecule has 1 atom stereocenters. The summed E-state index contributed by atoms with van der Waals surface area (Å²) in [4.78, 5) is 27.3. The molecule has 11 heteroatoms. The minimum Gasteiger partial charge on any atom is -0.466 e. The van der Waals surface area contributed by atoms with Crippen LogP contribution in [0.2, 0.25) is 10.0 Å². The van der Waals surface area contributed by atoms with E-state index in [4.69, 9.17) is 27.9 Å². The zero-order chi connectivity index (χ0) is 22.1. The number of halogens is 6. The van der Waals surface area contributed by atoms with E-state index in [2.05, 4.69) is 9.72 Å². The highest BCUT2D eigenvalue weighted by atomic mass is 35.5. The topological polar surface area (TPSA) is 65.5 Å². The number of pyridine rings is 1. The first-order valence-corrected chi connectivity index (χ1v) is 8.64. The third-order valence-corrected chi connectivity index (χ3v) is 4.69. The van der Waals surface area contributed by atoms with Crippen LogP contribution in [0.25, 0.3) is 11.3 Å². The van der Waals surface area contributed by atoms with Crippen molar-refractivity contribution in [3.63, 3.8) is 0 Å². The maximum absolute atomic E-state index is 14.4. The Labute approximate surface area is 172 Å². The SMILES string of the molecule is COC(=O)C(C)OC(=O)c1cc(-c2ncc(C(F)(F)F)c(C)c2Cl)c(F)cc1Cl. The third kappa shape index (κ3) is 4.79. The van der Waals surface area contributed by atoms with Crippen molar-refractivity contribution >= 4 is 35.1 Å². The molecule has 0 aliphatic rings. The highest BCUT2D eigenvalue weighted by molar-refractivity contribution is 6.35. The van der Waals surface area contributed by atoms with E-state index in [9.17, 15) is 27.2 Å². The van der Waals surface area contributed by atoms with Gasteiger partial charge in [0.05, 0.1) is 34.0 Å². The lowest BCUT2D eigenvalue weighted by Gasteiger charge is -2.15. The Kier molecular flexibility index (Phi) is 6.74. The minimum atomic E-state index is -4.70. The van der Waals surface area contributed by atoms with Crippen molar-refractivity contribution in [1.82, 2.24) is 4.98 Å². The van der Waals surface area contributed by atoms with Crippen molar-refractivity contribution < 1.29 is 36.6 Å². The van der Waals surface area contributed by atoms with Gasteiger partial charge in [-0.25, -0.2) is 14.0 Å². The van der Waals surface area contributed by atoms with Crippen LogP contribution in [0.1, 0.15) is 28.4 Å². The molecule has 2 aromatic rings. The molecule has 29 heavy (non-hydrogen) atoms. The number of alkyl halides is 3. The number of ether oxygens (including phenoxy) is 2. The molecule has 0 bridgehead atoms. The average Bonchev–Trinajstić information content (AvgIpc) is 2.62. The molecule has 0 radical (unpaired) electrons. The van der Waals surface area contributed by atoms with Crippen LogP contribution in [-0.2, 0) is 20.4 Å². The average molecular weight is 454 g/mol. The Balaban J connectivity index is 2.53. The lowest BCUT2D eigenvalue weighted by atomic mass is 10.0. The third-order valence-electron chi connectivity index (χ3n) is 3.92. The van der Waals surface area contributed by atoms with Crippen LogP contribution in [-0.4, -0.2) is 30.1 Å². The number of nitrogens with zero attached hydrogens (tertiary/aromatic N) is 1. The minimum absolute atomic E-state index is 0.318. The van der Waals surface area contributed by atoms with Crippen LogP contribution < -0.4 is 0 Å². The molecule has 0 saturated carbocycles. The van der Waals surface area contributed by atoms with Crippen molar-refractivity contribution in [2.24, 2.45) is 0 Å². The van der Waals surface area contributed by atoms with Gasteiger partial charge in [0.2, 0.25) is 0 Å². The van der Waals surface area contributed by atoms with Crippen LogP contribution >= 0.6 is 23.2 Å². The van der Waals surface area contributed by atoms with Crippen molar-refractivity contribution in [2.45, 2.75) is 26.1 Å². The Hall–Kier alpha value is -2.39. The van der Waals surface area contributed by atoms with Gasteiger partial charge >= 0.3 is 18.1 Å². The number of benzene rings is 1. The van der Waals surface area contributed by atoms with Gasteiger partial charge in [-0.1, -0.05) is 23.2 Å². The first-order valence-electron chi connectivity index (χ1n) is 7.89. The van der Waals surface area contributed by atoms with Crippen LogP contribution in [0, 0.1) is 12.7 Å². The maximum atomic E-state index is 14.4. The van der Waals surface area contributed by atoms with Gasteiger partial charge in [-0.3, -0.25) is 4.98 Å². The summed E-state index contributed by atoms with van der Waals surface area (Å²) in [5.41, 5.74) is -2.46. The number of aromatic nitrogens is 1. The highest BCUT2D eigenvalue weighted by Gasteiger charge is 2.34. The Morgan fingerprint density at radius 2 is 1.83 bits per heavy atom. The molecule has 0 amide bonds. The molecule has 1 unspecified atom stereocenters. The van der Waals surface area contributed by atoms with Crippen LogP contribution in [0.5, 0.6) is 0 Å². The predicted octanol–water partition coefficient (Wildman–Crippen LogP) is 5.24. The summed E-state index contributed by atoms with van der Waals surface area (Å²) in [5.74, 6) is -2.88. The second-order valence-electron chi connectivity index (χ2n) is 5.84. The van der Waals surface area contributed by atoms with Gasteiger partial charge in [-0.15, -0.1) is 0 Å². The zero-order valence-electron chi connectivity index (χ0n) is 15.2. The Morgan fingerprint density at radius 3 is 2.38 bits per heavy atom. The zero-order valence-corrected chi connectivity index (χ0v) is 16.7. The lowest BCUT2D eigenvalue weighted by Crippen LogP contribution is -2.25. The molecule has 2 rings (SSSR count). The van der Waals surface area contributed by atoms with E-state index in [1.807, 2.05) is 0 Å². The number of carbonyl (C=O) groups excluding carboxylic acids is 2. The largest absolute Gasteiger partial charge is 0.466 e. The van der Waals surface area contributed by atoms with Crippen molar-refractivity contribution in [2.75, 3.05) is 7.11 Å². The van der Waals surface area contributed by atoms with Crippen LogP contribution in [0.15, 0.2) is 18.3 Å². The molecule has 0 spiro atoms. The van der Waals surface area contributed by atoms with Crippen LogP contribution in [0.4, 0.5) is 17.6 Å². The summed E-state index contributed by atoms with van der Waals surface area (Å²) < 4.78 is 62.7. The van der Waals surface area contributed by atoms with E-state index >= 15 is 0 Å². The maximum Gasteiger partial charge on any atom is 0.418 e. The molecule has 1 aromatic heterocycles. The molecule has 5 nitrogen and oxygen atoms in total. The van der Waals surface area contributed by atoms with Gasteiger partial charge in [0.1, 0.15) is 5.82 Å². The number of esters is 2. The molecule has 0 saturated heterocycles. The number of hydrogen-bond acceptors (Lipinski definition) is 5. The summed E-state index contributed by atoms with van der Waals surface area (Å²) in [5, 5.41) is -0.781. The fourth-order valence-electron chi connectivity index (χ4n) is 2.38. The fourth-order valence-corrected chi connectivity index (χ4v) is 2.86. The monoisotopic (exact) mass is 453 g/mol. The highest BCUT2D eigenvalue weighted by Crippen LogP contribution is 2.39. The fraction of sp³-hybridized carbons (Fsp3) is 0.278. The molecule has 156 valence electrons. The second-order valence-corrected chi connectivity index (χ2v) is 6.62. The predicted molar refractivity (Wildman–Crippen MR) is 96.3 cm³/mol. The quantitative estimate of drug-likeness (QED) is 0.467. The molecule has 0 aliphatic carbocycles. The van der Waals surface area contributed by atoms with Crippen molar-refractivity contribution in [3.05, 3.63) is 50.9 Å². The summed E-state index contributed by atoms with van der Waals surface area (Å²) in [6.45, 7) is 2.36. The normalized spacial score (nSPS) is 12.4. The van der Waals surface area contributed by atoms with Gasteiger partial charge in [0, 0.05) is 11.8 Å². The molecule has 0 fully saturated rings. The summed E-state index contributed by atoms with van der Waals surface area (Å²) >= 11 is 11.9. The molecular formula is C18H13Cl2F4NO4. The summed E-state index contributed by atoms with van der Waals surface area (Å²) in [6.07, 6.45) is -5.45. The van der Waals surface area contributed by atoms with Gasteiger partial charge in [0.15, 0.2) is 6.10 Å². The number of carbonyl (C=O) groups is 2. The Morgan fingerprint density at radius 1 is 1.21 bits per heavy atom. The lowest BCUT2D eigenvalue weighted by molar-refractivity contribution is -0.149. The first kappa shape index (κ1) is 22.9. The molecular weight excluding hydrogens is 441 g/mol. The van der Waals surface area contributed by atoms with E-state index in [1.54, 1.807) is 0 Å². The van der Waals surface area contributed by atoms with Gasteiger partial charge in [-0.05, 0) is 31.5 Å². The summed E-state index contributed by atoms with van der Waals surface area (Å²) in [6, 6.07) is 1.70. The molecule has 1 heterocycles. The van der Waals surface area contributed by atoms with E-state index < -0.39 is 40.6 Å². The van der Waals surface area contributed by atoms with E-state index in [1.165, 1.54) is 6.92 Å². The van der Waals surface area contributed by atoms with E-state index in [-0.39, 0.29) is 27.4 Å². The van der Waals surface area contributed by atoms with Crippen molar-refractivity contribution in [1.29, 1.82) is 0 Å². The number of methoxy groups -OCH3 is 1. The van der Waals surface area contributed by atoms with E-state index in [0.29, 0.717) is 6.20 Å². The molecule has 1 aromatic carbocycles. The van der Waals surface area contributed by atoms with Gasteiger partial charge in [0.25, 0.3) is 0 Å². The number of rotatable bonds is 4. The molecule has 0 N–H and O–H groups in total. The van der Waals surface area contributed by atoms with E-state index in [0.717, 1.165) is 26.2 Å². The first-order chi connectivity index (χ1) is 13.4. The number of hydrogen-bond donors (Lipinski definition) is 0. The standard InChI is InChI=1S/C18H13Cl2F4NO4/c1-7-11(18(22,23)24)6-25-15(14(7)20)10-4-9(12(19)5-13(10)21)17(27)29-8(2)16(26)28-3/h4-6,8H,1-3H3. The van der Waals surface area contributed by atoms with Gasteiger partial charge in [-0.2, -0.15) is 13.2 Å². The van der Waals surface area contributed by atoms with Crippen LogP contribution in [0.3, 0.4) is 0 Å². The summed E-state index contributed by atoms with van der Waals surface area (Å²) in [7, 11) is 1.09.